The summed E-state index contributed by atoms with van der Waals surface area (Å²) in [4.78, 5) is 2.35. The number of rotatable bonds is 5. The Balaban J connectivity index is 0.00000196. The van der Waals surface area contributed by atoms with Gasteiger partial charge in [0.05, 0.1) is 0 Å². The summed E-state index contributed by atoms with van der Waals surface area (Å²) in [6, 6.07) is 8.76. The fraction of sp³-hybridized carbons (Fsp3) is 0.500. The molecule has 86 valence electrons. The molecule has 1 N–H and O–H groups in total. The van der Waals surface area contributed by atoms with E-state index in [2.05, 4.69) is 48.3 Å². The Labute approximate surface area is 99.1 Å². The summed E-state index contributed by atoms with van der Waals surface area (Å²) in [7, 11) is 1.97. The molecule has 0 radical (unpaired) electrons. The summed E-state index contributed by atoms with van der Waals surface area (Å²) in [6.07, 6.45) is 0. The lowest BCUT2D eigenvalue weighted by atomic mass is 10.2. The Morgan fingerprint density at radius 1 is 1.07 bits per heavy atom. The highest BCUT2D eigenvalue weighted by Crippen LogP contribution is 2.14. The molecule has 0 bridgehead atoms. The van der Waals surface area contributed by atoms with E-state index in [0.717, 1.165) is 19.6 Å². The maximum Gasteiger partial charge on any atom is 0.0366 e. The summed E-state index contributed by atoms with van der Waals surface area (Å²) in [5, 5.41) is 3.15. The Morgan fingerprint density at radius 3 is 2.00 bits per heavy atom. The second-order valence-electron chi connectivity index (χ2n) is 3.37. The number of anilines is 1. The van der Waals surface area contributed by atoms with Crippen molar-refractivity contribution in [3.05, 3.63) is 29.8 Å². The van der Waals surface area contributed by atoms with Gasteiger partial charge in [-0.3, -0.25) is 0 Å². The van der Waals surface area contributed by atoms with Crippen LogP contribution in [0.3, 0.4) is 0 Å². The summed E-state index contributed by atoms with van der Waals surface area (Å²) in [5.74, 6) is 0. The Morgan fingerprint density at radius 2 is 1.60 bits per heavy atom. The second-order valence-corrected chi connectivity index (χ2v) is 3.37. The van der Waals surface area contributed by atoms with Gasteiger partial charge in [-0.05, 0) is 38.6 Å². The lowest BCUT2D eigenvalue weighted by molar-refractivity contribution is 0.816. The number of nitrogens with zero attached hydrogens (tertiary/aromatic N) is 1. The van der Waals surface area contributed by atoms with E-state index < -0.39 is 0 Å². The molecule has 0 unspecified atom stereocenters. The van der Waals surface area contributed by atoms with Gasteiger partial charge >= 0.3 is 0 Å². The molecule has 3 heteroatoms. The van der Waals surface area contributed by atoms with Gasteiger partial charge in [0, 0.05) is 25.3 Å². The molecule has 2 nitrogen and oxygen atoms in total. The van der Waals surface area contributed by atoms with Crippen LogP contribution in [-0.2, 0) is 6.54 Å². The predicted molar refractivity (Wildman–Crippen MR) is 70.0 cm³/mol. The molecule has 0 spiro atoms. The van der Waals surface area contributed by atoms with Crippen molar-refractivity contribution in [2.24, 2.45) is 0 Å². The molecule has 0 aromatic heterocycles. The van der Waals surface area contributed by atoms with Gasteiger partial charge in [0.2, 0.25) is 0 Å². The first-order valence-electron chi connectivity index (χ1n) is 5.30. The maximum atomic E-state index is 3.15. The van der Waals surface area contributed by atoms with Crippen LogP contribution in [-0.4, -0.2) is 20.1 Å². The zero-order valence-corrected chi connectivity index (χ0v) is 10.6. The largest absolute Gasteiger partial charge is 0.372 e. The van der Waals surface area contributed by atoms with Crippen LogP contribution in [0.2, 0.25) is 0 Å². The average molecular weight is 229 g/mol. The third-order valence-electron chi connectivity index (χ3n) is 2.45. The van der Waals surface area contributed by atoms with Gasteiger partial charge in [-0.1, -0.05) is 12.1 Å². The molecule has 1 rings (SSSR count). The van der Waals surface area contributed by atoms with Gasteiger partial charge in [-0.2, -0.15) is 0 Å². The van der Waals surface area contributed by atoms with Crippen LogP contribution in [0.1, 0.15) is 19.4 Å². The molecule has 0 aliphatic carbocycles. The minimum atomic E-state index is 0. The Hall–Kier alpha value is -0.730. The van der Waals surface area contributed by atoms with E-state index in [9.17, 15) is 0 Å². The van der Waals surface area contributed by atoms with Gasteiger partial charge in [0.1, 0.15) is 0 Å². The molecule has 0 atom stereocenters. The maximum absolute atomic E-state index is 3.15. The summed E-state index contributed by atoms with van der Waals surface area (Å²) < 4.78 is 0. The molecule has 0 fully saturated rings. The van der Waals surface area contributed by atoms with E-state index in [1.807, 2.05) is 7.05 Å². The smallest absolute Gasteiger partial charge is 0.0366 e. The first kappa shape index (κ1) is 14.3. The molecule has 15 heavy (non-hydrogen) atoms. The van der Waals surface area contributed by atoms with Crippen LogP contribution in [0, 0.1) is 0 Å². The van der Waals surface area contributed by atoms with Crippen LogP contribution >= 0.6 is 12.4 Å². The lowest BCUT2D eigenvalue weighted by Crippen LogP contribution is -2.21. The van der Waals surface area contributed by atoms with E-state index >= 15 is 0 Å². The Bertz CT molecular complexity index is 255. The number of nitrogens with one attached hydrogen (secondary N) is 1. The molecule has 0 saturated carbocycles. The molecule has 1 aromatic rings. The van der Waals surface area contributed by atoms with Gasteiger partial charge in [-0.15, -0.1) is 12.4 Å². The number of halogens is 1. The fourth-order valence-electron chi connectivity index (χ4n) is 1.62. The molecular formula is C12H21ClN2. The first-order valence-corrected chi connectivity index (χ1v) is 5.30. The van der Waals surface area contributed by atoms with Crippen molar-refractivity contribution in [1.82, 2.24) is 5.32 Å². The minimum absolute atomic E-state index is 0. The summed E-state index contributed by atoms with van der Waals surface area (Å²) >= 11 is 0. The fourth-order valence-corrected chi connectivity index (χ4v) is 1.62. The highest BCUT2D eigenvalue weighted by molar-refractivity contribution is 5.85. The van der Waals surface area contributed by atoms with Crippen molar-refractivity contribution < 1.29 is 0 Å². The quantitative estimate of drug-likeness (QED) is 0.834. The minimum Gasteiger partial charge on any atom is -0.372 e. The van der Waals surface area contributed by atoms with Crippen molar-refractivity contribution in [2.75, 3.05) is 25.0 Å². The predicted octanol–water partition coefficient (Wildman–Crippen LogP) is 2.67. The SMILES string of the molecule is CCN(CC)c1ccc(CNC)cc1.Cl. The van der Waals surface area contributed by atoms with Crippen LogP contribution in [0.5, 0.6) is 0 Å². The molecule has 0 saturated heterocycles. The van der Waals surface area contributed by atoms with E-state index in [0.29, 0.717) is 0 Å². The van der Waals surface area contributed by atoms with E-state index in [1.165, 1.54) is 11.3 Å². The van der Waals surface area contributed by atoms with Gasteiger partial charge < -0.3 is 10.2 Å². The van der Waals surface area contributed by atoms with Crippen molar-refractivity contribution in [1.29, 1.82) is 0 Å². The van der Waals surface area contributed by atoms with Crippen LogP contribution in [0.4, 0.5) is 5.69 Å². The third-order valence-corrected chi connectivity index (χ3v) is 2.45. The summed E-state index contributed by atoms with van der Waals surface area (Å²) in [6.45, 7) is 7.46. The second kappa shape index (κ2) is 7.55. The number of hydrogen-bond donors (Lipinski definition) is 1. The van der Waals surface area contributed by atoms with E-state index in [1.54, 1.807) is 0 Å². The highest BCUT2D eigenvalue weighted by atomic mass is 35.5. The van der Waals surface area contributed by atoms with Crippen molar-refractivity contribution in [3.63, 3.8) is 0 Å². The van der Waals surface area contributed by atoms with Crippen molar-refractivity contribution >= 4 is 18.1 Å². The van der Waals surface area contributed by atoms with Gasteiger partial charge in [-0.25, -0.2) is 0 Å². The zero-order chi connectivity index (χ0) is 10.4. The zero-order valence-electron chi connectivity index (χ0n) is 9.79. The molecule has 0 amide bonds. The Kier molecular flexibility index (Phi) is 7.18. The monoisotopic (exact) mass is 228 g/mol. The molecule has 0 heterocycles. The molecule has 0 aliphatic rings. The molecular weight excluding hydrogens is 208 g/mol. The topological polar surface area (TPSA) is 15.3 Å². The number of benzene rings is 1. The van der Waals surface area contributed by atoms with Crippen LogP contribution in [0.25, 0.3) is 0 Å². The molecule has 0 aliphatic heterocycles. The van der Waals surface area contributed by atoms with Crippen molar-refractivity contribution in [3.8, 4) is 0 Å². The van der Waals surface area contributed by atoms with Gasteiger partial charge in [0.15, 0.2) is 0 Å². The lowest BCUT2D eigenvalue weighted by Gasteiger charge is -2.21. The molecule has 1 aromatic carbocycles. The van der Waals surface area contributed by atoms with E-state index in [4.69, 9.17) is 0 Å². The number of hydrogen-bond acceptors (Lipinski definition) is 2. The van der Waals surface area contributed by atoms with Crippen LogP contribution in [0.15, 0.2) is 24.3 Å². The van der Waals surface area contributed by atoms with Crippen molar-refractivity contribution in [2.45, 2.75) is 20.4 Å². The highest BCUT2D eigenvalue weighted by Gasteiger charge is 2.00. The normalized spacial score (nSPS) is 9.53. The van der Waals surface area contributed by atoms with E-state index in [-0.39, 0.29) is 12.4 Å². The first-order chi connectivity index (χ1) is 6.81. The summed E-state index contributed by atoms with van der Waals surface area (Å²) in [5.41, 5.74) is 2.65. The van der Waals surface area contributed by atoms with Crippen LogP contribution < -0.4 is 10.2 Å². The average Bonchev–Trinajstić information content (AvgIpc) is 2.23. The third kappa shape index (κ3) is 4.10. The standard InChI is InChI=1S/C12H20N2.ClH/c1-4-14(5-2)12-8-6-11(7-9-12)10-13-3;/h6-9,13H,4-5,10H2,1-3H3;1H. The van der Waals surface area contributed by atoms with Gasteiger partial charge in [0.25, 0.3) is 0 Å².